The molecule has 0 radical (unpaired) electrons. The number of ether oxygens (including phenoxy) is 1. The minimum absolute atomic E-state index is 0.281. The molecule has 1 aromatic rings. The molecule has 14 heavy (non-hydrogen) atoms. The fourth-order valence-electron chi connectivity index (χ4n) is 0.995. The van der Waals surface area contributed by atoms with Crippen molar-refractivity contribution < 1.29 is 4.74 Å². The molecule has 3 nitrogen and oxygen atoms in total. The predicted octanol–water partition coefficient (Wildman–Crippen LogP) is 2.31. The van der Waals surface area contributed by atoms with Gasteiger partial charge in [0.05, 0.1) is 0 Å². The zero-order valence-electron chi connectivity index (χ0n) is 9.42. The normalized spacial score (nSPS) is 14.4. The van der Waals surface area contributed by atoms with E-state index >= 15 is 0 Å². The van der Waals surface area contributed by atoms with Crippen LogP contribution >= 0.6 is 11.3 Å². The lowest BCUT2D eigenvalue weighted by Gasteiger charge is -2.19. The van der Waals surface area contributed by atoms with Crippen LogP contribution in [0.4, 0.5) is 0 Å². The molecule has 1 aromatic heterocycles. The summed E-state index contributed by atoms with van der Waals surface area (Å²) in [5, 5.41) is 4.22. The SMILES string of the molecule is CNC(C)c1cnc(C(C)(C)OC)s1. The average molecular weight is 214 g/mol. The molecule has 0 bridgehead atoms. The van der Waals surface area contributed by atoms with Gasteiger partial charge in [-0.1, -0.05) is 0 Å². The first-order chi connectivity index (χ1) is 6.51. The monoisotopic (exact) mass is 214 g/mol. The van der Waals surface area contributed by atoms with Gasteiger partial charge in [0.25, 0.3) is 0 Å². The Hall–Kier alpha value is -0.450. The first-order valence-electron chi connectivity index (χ1n) is 4.70. The summed E-state index contributed by atoms with van der Waals surface area (Å²) in [4.78, 5) is 5.62. The van der Waals surface area contributed by atoms with Crippen LogP contribution < -0.4 is 5.32 Å². The molecule has 0 fully saturated rings. The predicted molar refractivity (Wildman–Crippen MR) is 59.6 cm³/mol. The summed E-state index contributed by atoms with van der Waals surface area (Å²) in [6, 6.07) is 0.355. The van der Waals surface area contributed by atoms with Crippen LogP contribution in [-0.2, 0) is 10.3 Å². The molecule has 0 aromatic carbocycles. The molecule has 0 saturated heterocycles. The summed E-state index contributed by atoms with van der Waals surface area (Å²) < 4.78 is 5.38. The largest absolute Gasteiger partial charge is 0.372 e. The first-order valence-corrected chi connectivity index (χ1v) is 5.51. The molecule has 0 aliphatic carbocycles. The van der Waals surface area contributed by atoms with Gasteiger partial charge in [-0.2, -0.15) is 0 Å². The third-order valence-electron chi connectivity index (χ3n) is 2.41. The molecule has 0 saturated carbocycles. The number of rotatable bonds is 4. The van der Waals surface area contributed by atoms with Crippen LogP contribution in [0.1, 0.15) is 36.7 Å². The Labute approximate surface area is 89.5 Å². The highest BCUT2D eigenvalue weighted by molar-refractivity contribution is 7.11. The quantitative estimate of drug-likeness (QED) is 0.835. The number of hydrogen-bond acceptors (Lipinski definition) is 4. The van der Waals surface area contributed by atoms with Crippen molar-refractivity contribution in [2.45, 2.75) is 32.4 Å². The number of nitrogens with one attached hydrogen (secondary N) is 1. The van der Waals surface area contributed by atoms with Crippen molar-refractivity contribution in [2.24, 2.45) is 0 Å². The van der Waals surface area contributed by atoms with Gasteiger partial charge >= 0.3 is 0 Å². The molecule has 0 amide bonds. The van der Waals surface area contributed by atoms with E-state index in [-0.39, 0.29) is 5.60 Å². The highest BCUT2D eigenvalue weighted by Gasteiger charge is 2.24. The number of methoxy groups -OCH3 is 1. The number of thiazole rings is 1. The Morgan fingerprint density at radius 1 is 1.57 bits per heavy atom. The van der Waals surface area contributed by atoms with Crippen LogP contribution in [0.15, 0.2) is 6.20 Å². The van der Waals surface area contributed by atoms with Gasteiger partial charge in [-0.3, -0.25) is 0 Å². The van der Waals surface area contributed by atoms with Gasteiger partial charge in [-0.15, -0.1) is 11.3 Å². The lowest BCUT2D eigenvalue weighted by atomic mass is 10.1. The van der Waals surface area contributed by atoms with E-state index in [9.17, 15) is 0 Å². The molecule has 1 unspecified atom stereocenters. The molecule has 0 aliphatic rings. The number of hydrogen-bond donors (Lipinski definition) is 1. The molecule has 0 spiro atoms. The molecule has 80 valence electrons. The van der Waals surface area contributed by atoms with E-state index in [1.165, 1.54) is 4.88 Å². The summed E-state index contributed by atoms with van der Waals surface area (Å²) in [6.45, 7) is 6.18. The van der Waals surface area contributed by atoms with Crippen molar-refractivity contribution >= 4 is 11.3 Å². The molecule has 1 heterocycles. The minimum atomic E-state index is -0.281. The van der Waals surface area contributed by atoms with E-state index in [1.54, 1.807) is 18.4 Å². The highest BCUT2D eigenvalue weighted by atomic mass is 32.1. The van der Waals surface area contributed by atoms with Crippen molar-refractivity contribution in [3.63, 3.8) is 0 Å². The van der Waals surface area contributed by atoms with Crippen LogP contribution in [0.2, 0.25) is 0 Å². The maximum absolute atomic E-state index is 5.38. The van der Waals surface area contributed by atoms with E-state index in [0.29, 0.717) is 6.04 Å². The van der Waals surface area contributed by atoms with Crippen LogP contribution in [0.5, 0.6) is 0 Å². The number of nitrogens with zero attached hydrogens (tertiary/aromatic N) is 1. The Morgan fingerprint density at radius 3 is 2.71 bits per heavy atom. The van der Waals surface area contributed by atoms with Crippen molar-refractivity contribution in [2.75, 3.05) is 14.2 Å². The van der Waals surface area contributed by atoms with Crippen LogP contribution in [-0.4, -0.2) is 19.1 Å². The van der Waals surface area contributed by atoms with Crippen LogP contribution in [0.25, 0.3) is 0 Å². The summed E-state index contributed by atoms with van der Waals surface area (Å²) in [5.41, 5.74) is -0.281. The second kappa shape index (κ2) is 4.38. The molecular formula is C10H18N2OS. The van der Waals surface area contributed by atoms with Gasteiger partial charge in [0.1, 0.15) is 10.6 Å². The Balaban J connectivity index is 2.88. The zero-order chi connectivity index (χ0) is 10.8. The summed E-state index contributed by atoms with van der Waals surface area (Å²) in [6.07, 6.45) is 1.92. The molecule has 1 atom stereocenters. The van der Waals surface area contributed by atoms with Gasteiger partial charge in [-0.25, -0.2) is 4.98 Å². The van der Waals surface area contributed by atoms with E-state index in [1.807, 2.05) is 27.1 Å². The maximum Gasteiger partial charge on any atom is 0.124 e. The summed E-state index contributed by atoms with van der Waals surface area (Å²) in [7, 11) is 3.66. The molecule has 4 heteroatoms. The molecular weight excluding hydrogens is 196 g/mol. The van der Waals surface area contributed by atoms with Crippen molar-refractivity contribution in [3.05, 3.63) is 16.1 Å². The zero-order valence-corrected chi connectivity index (χ0v) is 10.2. The van der Waals surface area contributed by atoms with Crippen LogP contribution in [0, 0.1) is 0 Å². The fourth-order valence-corrected chi connectivity index (χ4v) is 2.05. The number of aromatic nitrogens is 1. The maximum atomic E-state index is 5.38. The van der Waals surface area contributed by atoms with Crippen LogP contribution in [0.3, 0.4) is 0 Å². The standard InChI is InChI=1S/C10H18N2OS/c1-7(11-4)8-6-12-9(14-8)10(2,3)13-5/h6-7,11H,1-5H3. The average Bonchev–Trinajstić information content (AvgIpc) is 2.66. The molecule has 1 N–H and O–H groups in total. The highest BCUT2D eigenvalue weighted by Crippen LogP contribution is 2.30. The summed E-state index contributed by atoms with van der Waals surface area (Å²) >= 11 is 1.70. The van der Waals surface area contributed by atoms with Crippen molar-refractivity contribution in [3.8, 4) is 0 Å². The van der Waals surface area contributed by atoms with Gasteiger partial charge in [0, 0.05) is 24.2 Å². The lowest BCUT2D eigenvalue weighted by Crippen LogP contribution is -2.18. The summed E-state index contributed by atoms with van der Waals surface area (Å²) in [5.74, 6) is 0. The Bertz CT molecular complexity index is 296. The van der Waals surface area contributed by atoms with E-state index < -0.39 is 0 Å². The third kappa shape index (κ3) is 2.32. The topological polar surface area (TPSA) is 34.2 Å². The van der Waals surface area contributed by atoms with Crippen molar-refractivity contribution in [1.29, 1.82) is 0 Å². The van der Waals surface area contributed by atoms with Gasteiger partial charge in [-0.05, 0) is 27.8 Å². The molecule has 1 rings (SSSR count). The van der Waals surface area contributed by atoms with Crippen molar-refractivity contribution in [1.82, 2.24) is 10.3 Å². The first kappa shape index (κ1) is 11.6. The second-order valence-electron chi connectivity index (χ2n) is 3.79. The molecule has 0 aliphatic heterocycles. The minimum Gasteiger partial charge on any atom is -0.372 e. The lowest BCUT2D eigenvalue weighted by molar-refractivity contribution is 0.0190. The van der Waals surface area contributed by atoms with E-state index in [2.05, 4.69) is 17.2 Å². The fraction of sp³-hybridized carbons (Fsp3) is 0.700. The smallest absolute Gasteiger partial charge is 0.124 e. The Kier molecular flexibility index (Phi) is 3.64. The van der Waals surface area contributed by atoms with Gasteiger partial charge in [0.15, 0.2) is 0 Å². The second-order valence-corrected chi connectivity index (χ2v) is 4.85. The van der Waals surface area contributed by atoms with Gasteiger partial charge < -0.3 is 10.1 Å². The van der Waals surface area contributed by atoms with Gasteiger partial charge in [0.2, 0.25) is 0 Å². The third-order valence-corrected chi connectivity index (χ3v) is 3.89. The van der Waals surface area contributed by atoms with E-state index in [4.69, 9.17) is 4.74 Å². The Morgan fingerprint density at radius 2 is 2.21 bits per heavy atom. The van der Waals surface area contributed by atoms with E-state index in [0.717, 1.165) is 5.01 Å².